The van der Waals surface area contributed by atoms with Crippen molar-refractivity contribution in [1.82, 2.24) is 9.47 Å². The molecule has 1 atom stereocenters. The average molecular weight is 300 g/mol. The minimum absolute atomic E-state index is 0.158. The van der Waals surface area contributed by atoms with Gasteiger partial charge in [-0.25, -0.2) is 4.39 Å². The highest BCUT2D eigenvalue weighted by atomic mass is 19.1. The second kappa shape index (κ2) is 6.77. The molecule has 1 aromatic carbocycles. The SMILES string of the molecule is O=C(Cn1cccc1)N1CCCCC(c2ccc(F)cc2)C1. The molecule has 2 heterocycles. The van der Waals surface area contributed by atoms with Gasteiger partial charge >= 0.3 is 0 Å². The van der Waals surface area contributed by atoms with Crippen LogP contribution in [0, 0.1) is 5.82 Å². The fourth-order valence-corrected chi connectivity index (χ4v) is 3.11. The molecule has 1 saturated heterocycles. The lowest BCUT2D eigenvalue weighted by Crippen LogP contribution is -2.36. The van der Waals surface area contributed by atoms with Gasteiger partial charge in [0.25, 0.3) is 0 Å². The molecule has 2 aromatic rings. The largest absolute Gasteiger partial charge is 0.345 e. The number of amides is 1. The molecule has 3 rings (SSSR count). The van der Waals surface area contributed by atoms with Gasteiger partial charge in [0.05, 0.1) is 0 Å². The maximum atomic E-state index is 13.1. The number of hydrogen-bond acceptors (Lipinski definition) is 1. The molecule has 4 heteroatoms. The molecule has 3 nitrogen and oxygen atoms in total. The summed E-state index contributed by atoms with van der Waals surface area (Å²) >= 11 is 0. The van der Waals surface area contributed by atoms with E-state index in [0.29, 0.717) is 12.5 Å². The fraction of sp³-hybridized carbons (Fsp3) is 0.389. The molecule has 1 aliphatic heterocycles. The van der Waals surface area contributed by atoms with Crippen molar-refractivity contribution >= 4 is 5.91 Å². The van der Waals surface area contributed by atoms with Crippen molar-refractivity contribution in [2.45, 2.75) is 31.7 Å². The molecule has 1 amide bonds. The van der Waals surface area contributed by atoms with Crippen LogP contribution in [0.15, 0.2) is 48.8 Å². The third-order valence-corrected chi connectivity index (χ3v) is 4.35. The number of likely N-dealkylation sites (tertiary alicyclic amines) is 1. The number of halogens is 1. The smallest absolute Gasteiger partial charge is 0.242 e. The van der Waals surface area contributed by atoms with Gasteiger partial charge in [-0.1, -0.05) is 18.6 Å². The Bertz CT molecular complexity index is 607. The van der Waals surface area contributed by atoms with Crippen LogP contribution < -0.4 is 0 Å². The first-order valence-corrected chi connectivity index (χ1v) is 7.86. The monoisotopic (exact) mass is 300 g/mol. The summed E-state index contributed by atoms with van der Waals surface area (Å²) in [5.41, 5.74) is 1.13. The van der Waals surface area contributed by atoms with Crippen molar-refractivity contribution in [2.75, 3.05) is 13.1 Å². The summed E-state index contributed by atoms with van der Waals surface area (Å²) in [5, 5.41) is 0. The Balaban J connectivity index is 1.69. The molecular weight excluding hydrogens is 279 g/mol. The molecule has 116 valence electrons. The van der Waals surface area contributed by atoms with Crippen LogP contribution in [0.4, 0.5) is 4.39 Å². The lowest BCUT2D eigenvalue weighted by atomic mass is 9.94. The number of benzene rings is 1. The van der Waals surface area contributed by atoms with E-state index in [2.05, 4.69) is 0 Å². The van der Waals surface area contributed by atoms with Gasteiger partial charge in [0.1, 0.15) is 12.4 Å². The lowest BCUT2D eigenvalue weighted by Gasteiger charge is -2.25. The van der Waals surface area contributed by atoms with Gasteiger partial charge in [-0.05, 0) is 42.7 Å². The Kier molecular flexibility index (Phi) is 4.56. The summed E-state index contributed by atoms with van der Waals surface area (Å²) in [5.74, 6) is 0.250. The van der Waals surface area contributed by atoms with Crippen LogP contribution in [0.5, 0.6) is 0 Å². The summed E-state index contributed by atoms with van der Waals surface area (Å²) in [6.45, 7) is 1.94. The Morgan fingerprint density at radius 1 is 1.14 bits per heavy atom. The maximum Gasteiger partial charge on any atom is 0.242 e. The molecule has 0 saturated carbocycles. The molecule has 0 bridgehead atoms. The van der Waals surface area contributed by atoms with Crippen molar-refractivity contribution in [1.29, 1.82) is 0 Å². The van der Waals surface area contributed by atoms with Gasteiger partial charge in [0, 0.05) is 31.4 Å². The van der Waals surface area contributed by atoms with Crippen molar-refractivity contribution < 1.29 is 9.18 Å². The van der Waals surface area contributed by atoms with Gasteiger partial charge in [-0.3, -0.25) is 4.79 Å². The molecule has 1 fully saturated rings. The van der Waals surface area contributed by atoms with E-state index in [1.165, 1.54) is 12.1 Å². The average Bonchev–Trinajstić information content (AvgIpc) is 2.90. The predicted octanol–water partition coefficient (Wildman–Crippen LogP) is 3.42. The standard InChI is InChI=1S/C18H21FN2O/c19-17-8-6-15(7-9-17)16-5-1-2-12-21(13-16)18(22)14-20-10-3-4-11-20/h3-4,6-11,16H,1-2,5,12-14H2. The van der Waals surface area contributed by atoms with Crippen molar-refractivity contribution in [2.24, 2.45) is 0 Å². The van der Waals surface area contributed by atoms with E-state index >= 15 is 0 Å². The Hall–Kier alpha value is -2.10. The normalized spacial score (nSPS) is 19.0. The van der Waals surface area contributed by atoms with Crippen LogP contribution in [0.1, 0.15) is 30.7 Å². The number of carbonyl (C=O) groups excluding carboxylic acids is 1. The highest BCUT2D eigenvalue weighted by Crippen LogP contribution is 2.26. The number of carbonyl (C=O) groups is 1. The van der Waals surface area contributed by atoms with Crippen LogP contribution >= 0.6 is 0 Å². The third-order valence-electron chi connectivity index (χ3n) is 4.35. The molecule has 1 unspecified atom stereocenters. The van der Waals surface area contributed by atoms with E-state index in [1.54, 1.807) is 0 Å². The lowest BCUT2D eigenvalue weighted by molar-refractivity contribution is -0.131. The van der Waals surface area contributed by atoms with Crippen LogP contribution in [0.25, 0.3) is 0 Å². The van der Waals surface area contributed by atoms with E-state index in [9.17, 15) is 9.18 Å². The zero-order chi connectivity index (χ0) is 15.4. The first-order chi connectivity index (χ1) is 10.7. The zero-order valence-corrected chi connectivity index (χ0v) is 12.6. The maximum absolute atomic E-state index is 13.1. The molecule has 0 aliphatic carbocycles. The van der Waals surface area contributed by atoms with Crippen LogP contribution in [-0.4, -0.2) is 28.5 Å². The van der Waals surface area contributed by atoms with Gasteiger partial charge < -0.3 is 9.47 Å². The van der Waals surface area contributed by atoms with Crippen molar-refractivity contribution in [3.05, 3.63) is 60.2 Å². The van der Waals surface area contributed by atoms with E-state index in [1.807, 2.05) is 46.1 Å². The van der Waals surface area contributed by atoms with Gasteiger partial charge in [-0.15, -0.1) is 0 Å². The molecule has 0 N–H and O–H groups in total. The Morgan fingerprint density at radius 3 is 2.59 bits per heavy atom. The van der Waals surface area contributed by atoms with E-state index in [0.717, 1.165) is 37.9 Å². The van der Waals surface area contributed by atoms with Crippen molar-refractivity contribution in [3.63, 3.8) is 0 Å². The van der Waals surface area contributed by atoms with Crippen LogP contribution in [0.3, 0.4) is 0 Å². The molecule has 0 radical (unpaired) electrons. The minimum atomic E-state index is -0.210. The van der Waals surface area contributed by atoms with E-state index in [4.69, 9.17) is 0 Å². The summed E-state index contributed by atoms with van der Waals surface area (Å²) in [6.07, 6.45) is 7.02. The van der Waals surface area contributed by atoms with Gasteiger partial charge in [0.15, 0.2) is 0 Å². The fourth-order valence-electron chi connectivity index (χ4n) is 3.11. The highest BCUT2D eigenvalue weighted by Gasteiger charge is 2.23. The second-order valence-electron chi connectivity index (χ2n) is 5.94. The van der Waals surface area contributed by atoms with Gasteiger partial charge in [0.2, 0.25) is 5.91 Å². The first-order valence-electron chi connectivity index (χ1n) is 7.86. The van der Waals surface area contributed by atoms with E-state index < -0.39 is 0 Å². The topological polar surface area (TPSA) is 25.2 Å². The quantitative estimate of drug-likeness (QED) is 0.852. The van der Waals surface area contributed by atoms with E-state index in [-0.39, 0.29) is 11.7 Å². The molecule has 1 aliphatic rings. The molecular formula is C18H21FN2O. The summed E-state index contributed by atoms with van der Waals surface area (Å²) in [7, 11) is 0. The number of aromatic nitrogens is 1. The minimum Gasteiger partial charge on any atom is -0.345 e. The molecule has 22 heavy (non-hydrogen) atoms. The zero-order valence-electron chi connectivity index (χ0n) is 12.6. The summed E-state index contributed by atoms with van der Waals surface area (Å²) in [4.78, 5) is 14.5. The van der Waals surface area contributed by atoms with Crippen molar-refractivity contribution in [3.8, 4) is 0 Å². The van der Waals surface area contributed by atoms with Gasteiger partial charge in [-0.2, -0.15) is 0 Å². The second-order valence-corrected chi connectivity index (χ2v) is 5.94. The summed E-state index contributed by atoms with van der Waals surface area (Å²) in [6, 6.07) is 10.6. The first kappa shape index (κ1) is 14.8. The Labute approximate surface area is 130 Å². The van der Waals surface area contributed by atoms with Crippen LogP contribution in [-0.2, 0) is 11.3 Å². The number of nitrogens with zero attached hydrogens (tertiary/aromatic N) is 2. The third kappa shape index (κ3) is 3.56. The number of rotatable bonds is 3. The highest BCUT2D eigenvalue weighted by molar-refractivity contribution is 5.76. The number of hydrogen-bond donors (Lipinski definition) is 0. The summed E-state index contributed by atoms with van der Waals surface area (Å²) < 4.78 is 15.0. The van der Waals surface area contributed by atoms with Crippen LogP contribution in [0.2, 0.25) is 0 Å². The Morgan fingerprint density at radius 2 is 1.86 bits per heavy atom. The predicted molar refractivity (Wildman–Crippen MR) is 84.0 cm³/mol. The molecule has 1 aromatic heterocycles. The molecule has 0 spiro atoms.